The second kappa shape index (κ2) is 4.59. The Morgan fingerprint density at radius 2 is 2.13 bits per heavy atom. The van der Waals surface area contributed by atoms with Gasteiger partial charge >= 0.3 is 0 Å². The fourth-order valence-corrected chi connectivity index (χ4v) is 1.77. The number of hydrogen-bond donors (Lipinski definition) is 2. The number of aromatic nitrogens is 1. The Balaban J connectivity index is 2.16. The molecule has 1 atom stereocenters. The molecule has 2 heterocycles. The minimum absolute atomic E-state index is 0.444. The highest BCUT2D eigenvalue weighted by molar-refractivity contribution is 5.46. The van der Waals surface area contributed by atoms with E-state index in [2.05, 4.69) is 15.2 Å². The molecule has 2 rings (SSSR count). The van der Waals surface area contributed by atoms with Crippen molar-refractivity contribution < 1.29 is 5.11 Å². The van der Waals surface area contributed by atoms with Gasteiger partial charge in [0.1, 0.15) is 0 Å². The molecule has 2 N–H and O–H groups in total. The lowest BCUT2D eigenvalue weighted by molar-refractivity contribution is 0.199. The lowest BCUT2D eigenvalue weighted by atomic mass is 10.1. The monoisotopic (exact) mass is 207 g/mol. The third-order valence-corrected chi connectivity index (χ3v) is 2.71. The summed E-state index contributed by atoms with van der Waals surface area (Å²) >= 11 is 0. The first-order chi connectivity index (χ1) is 7.27. The minimum Gasteiger partial charge on any atom is -0.389 e. The van der Waals surface area contributed by atoms with Gasteiger partial charge in [-0.3, -0.25) is 4.98 Å². The van der Waals surface area contributed by atoms with E-state index < -0.39 is 6.10 Å². The molecule has 0 radical (unpaired) electrons. The Hall–Kier alpha value is -1.13. The van der Waals surface area contributed by atoms with Gasteiger partial charge in [0.25, 0.3) is 0 Å². The van der Waals surface area contributed by atoms with E-state index in [9.17, 15) is 5.11 Å². The molecule has 1 aliphatic rings. The summed E-state index contributed by atoms with van der Waals surface area (Å²) in [5.41, 5.74) is 1.99. The van der Waals surface area contributed by atoms with Crippen LogP contribution in [-0.2, 0) is 0 Å². The first-order valence-corrected chi connectivity index (χ1v) is 5.36. The van der Waals surface area contributed by atoms with E-state index in [1.54, 1.807) is 13.1 Å². The SMILES string of the molecule is C[C@@H](O)c1cncc(N2CCNCC2)c1. The Morgan fingerprint density at radius 1 is 1.40 bits per heavy atom. The van der Waals surface area contributed by atoms with E-state index in [-0.39, 0.29) is 0 Å². The molecule has 0 unspecified atom stereocenters. The van der Waals surface area contributed by atoms with Gasteiger partial charge in [-0.25, -0.2) is 0 Å². The lowest BCUT2D eigenvalue weighted by Gasteiger charge is -2.29. The molecule has 4 heteroatoms. The number of pyridine rings is 1. The number of aliphatic hydroxyl groups is 1. The van der Waals surface area contributed by atoms with Crippen LogP contribution in [0.2, 0.25) is 0 Å². The van der Waals surface area contributed by atoms with Gasteiger partial charge in [0.15, 0.2) is 0 Å². The average Bonchev–Trinajstić information content (AvgIpc) is 2.30. The molecule has 4 nitrogen and oxygen atoms in total. The van der Waals surface area contributed by atoms with Crippen molar-refractivity contribution in [3.05, 3.63) is 24.0 Å². The van der Waals surface area contributed by atoms with E-state index in [1.807, 2.05) is 12.3 Å². The highest BCUT2D eigenvalue weighted by Crippen LogP contribution is 2.19. The fraction of sp³-hybridized carbons (Fsp3) is 0.545. The summed E-state index contributed by atoms with van der Waals surface area (Å²) in [5, 5.41) is 12.8. The summed E-state index contributed by atoms with van der Waals surface area (Å²) in [6.45, 7) is 5.80. The van der Waals surface area contributed by atoms with E-state index in [4.69, 9.17) is 0 Å². The number of nitrogens with zero attached hydrogens (tertiary/aromatic N) is 2. The molecule has 0 bridgehead atoms. The molecule has 1 aromatic rings. The van der Waals surface area contributed by atoms with Crippen molar-refractivity contribution in [1.82, 2.24) is 10.3 Å². The van der Waals surface area contributed by atoms with Gasteiger partial charge in [-0.15, -0.1) is 0 Å². The van der Waals surface area contributed by atoms with Crippen LogP contribution in [0, 0.1) is 0 Å². The molecule has 1 fully saturated rings. The Morgan fingerprint density at radius 3 is 2.80 bits per heavy atom. The van der Waals surface area contributed by atoms with E-state index in [0.717, 1.165) is 37.4 Å². The molecule has 0 aromatic carbocycles. The zero-order valence-corrected chi connectivity index (χ0v) is 8.98. The van der Waals surface area contributed by atoms with Crippen LogP contribution in [0.25, 0.3) is 0 Å². The lowest BCUT2D eigenvalue weighted by Crippen LogP contribution is -2.43. The third kappa shape index (κ3) is 2.46. The Bertz CT molecular complexity index is 321. The fourth-order valence-electron chi connectivity index (χ4n) is 1.77. The van der Waals surface area contributed by atoms with Crippen molar-refractivity contribution in [2.75, 3.05) is 31.1 Å². The second-order valence-electron chi connectivity index (χ2n) is 3.89. The van der Waals surface area contributed by atoms with Crippen molar-refractivity contribution in [2.24, 2.45) is 0 Å². The summed E-state index contributed by atoms with van der Waals surface area (Å²) in [4.78, 5) is 6.45. The van der Waals surface area contributed by atoms with Crippen molar-refractivity contribution in [2.45, 2.75) is 13.0 Å². The number of hydrogen-bond acceptors (Lipinski definition) is 4. The van der Waals surface area contributed by atoms with Crippen LogP contribution in [0.1, 0.15) is 18.6 Å². The molecule has 1 saturated heterocycles. The van der Waals surface area contributed by atoms with Crippen LogP contribution in [0.15, 0.2) is 18.5 Å². The van der Waals surface area contributed by atoms with E-state index >= 15 is 0 Å². The van der Waals surface area contributed by atoms with Gasteiger partial charge in [0.2, 0.25) is 0 Å². The molecule has 0 aliphatic carbocycles. The summed E-state index contributed by atoms with van der Waals surface area (Å²) < 4.78 is 0. The largest absolute Gasteiger partial charge is 0.389 e. The zero-order valence-electron chi connectivity index (χ0n) is 8.98. The average molecular weight is 207 g/mol. The van der Waals surface area contributed by atoms with Crippen molar-refractivity contribution in [1.29, 1.82) is 0 Å². The van der Waals surface area contributed by atoms with Crippen LogP contribution in [0.4, 0.5) is 5.69 Å². The molecule has 82 valence electrons. The van der Waals surface area contributed by atoms with Crippen LogP contribution in [0.5, 0.6) is 0 Å². The Labute approximate surface area is 89.9 Å². The molecule has 0 saturated carbocycles. The predicted molar refractivity (Wildman–Crippen MR) is 60.0 cm³/mol. The maximum Gasteiger partial charge on any atom is 0.0777 e. The van der Waals surface area contributed by atoms with Gasteiger partial charge in [-0.2, -0.15) is 0 Å². The number of rotatable bonds is 2. The van der Waals surface area contributed by atoms with E-state index in [1.165, 1.54) is 0 Å². The normalized spacial score (nSPS) is 18.9. The van der Waals surface area contributed by atoms with Crippen LogP contribution in [0.3, 0.4) is 0 Å². The number of aliphatic hydroxyl groups excluding tert-OH is 1. The smallest absolute Gasteiger partial charge is 0.0777 e. The summed E-state index contributed by atoms with van der Waals surface area (Å²) in [5.74, 6) is 0. The van der Waals surface area contributed by atoms with Crippen molar-refractivity contribution >= 4 is 5.69 Å². The van der Waals surface area contributed by atoms with Crippen LogP contribution >= 0.6 is 0 Å². The maximum absolute atomic E-state index is 9.48. The summed E-state index contributed by atoms with van der Waals surface area (Å²) in [6.07, 6.45) is 3.13. The highest BCUT2D eigenvalue weighted by Gasteiger charge is 2.11. The van der Waals surface area contributed by atoms with Crippen LogP contribution in [-0.4, -0.2) is 36.3 Å². The number of nitrogens with one attached hydrogen (secondary N) is 1. The standard InChI is InChI=1S/C11H17N3O/c1-9(15)10-6-11(8-13-7-10)14-4-2-12-3-5-14/h6-9,12,15H,2-5H2,1H3/t9-/m1/s1. The molecule has 1 aromatic heterocycles. The number of piperazine rings is 1. The summed E-state index contributed by atoms with van der Waals surface area (Å²) in [6, 6.07) is 2.02. The molecule has 0 amide bonds. The van der Waals surface area contributed by atoms with E-state index in [0.29, 0.717) is 0 Å². The summed E-state index contributed by atoms with van der Waals surface area (Å²) in [7, 11) is 0. The zero-order chi connectivity index (χ0) is 10.7. The molecule has 15 heavy (non-hydrogen) atoms. The predicted octanol–water partition coefficient (Wildman–Crippen LogP) is 0.544. The highest BCUT2D eigenvalue weighted by atomic mass is 16.3. The van der Waals surface area contributed by atoms with Gasteiger partial charge < -0.3 is 15.3 Å². The molecular weight excluding hydrogens is 190 g/mol. The Kier molecular flexibility index (Phi) is 3.18. The minimum atomic E-state index is -0.444. The molecule has 1 aliphatic heterocycles. The first-order valence-electron chi connectivity index (χ1n) is 5.36. The quantitative estimate of drug-likeness (QED) is 0.743. The second-order valence-corrected chi connectivity index (χ2v) is 3.89. The van der Waals surface area contributed by atoms with Crippen molar-refractivity contribution in [3.63, 3.8) is 0 Å². The van der Waals surface area contributed by atoms with Gasteiger partial charge in [0.05, 0.1) is 18.0 Å². The van der Waals surface area contributed by atoms with Gasteiger partial charge in [0, 0.05) is 37.9 Å². The van der Waals surface area contributed by atoms with Crippen molar-refractivity contribution in [3.8, 4) is 0 Å². The number of anilines is 1. The topological polar surface area (TPSA) is 48.4 Å². The third-order valence-electron chi connectivity index (χ3n) is 2.71. The van der Waals surface area contributed by atoms with Crippen LogP contribution < -0.4 is 10.2 Å². The molecular formula is C11H17N3O. The molecule has 0 spiro atoms. The maximum atomic E-state index is 9.48. The van der Waals surface area contributed by atoms with Gasteiger partial charge in [-0.05, 0) is 13.0 Å². The first kappa shape index (κ1) is 10.4. The van der Waals surface area contributed by atoms with Gasteiger partial charge in [-0.1, -0.05) is 0 Å².